The van der Waals surface area contributed by atoms with Gasteiger partial charge in [0.25, 0.3) is 0 Å². The summed E-state index contributed by atoms with van der Waals surface area (Å²) in [6.07, 6.45) is 4.19. The summed E-state index contributed by atoms with van der Waals surface area (Å²) in [5, 5.41) is 10.1. The van der Waals surface area contributed by atoms with Crippen LogP contribution in [0.3, 0.4) is 0 Å². The summed E-state index contributed by atoms with van der Waals surface area (Å²) < 4.78 is 0. The molecule has 4 nitrogen and oxygen atoms in total. The zero-order valence-electron chi connectivity index (χ0n) is 21.6. The van der Waals surface area contributed by atoms with Crippen molar-refractivity contribution in [2.75, 3.05) is 44.2 Å². The average Bonchev–Trinajstić information content (AvgIpc) is 2.89. The predicted octanol–water partition coefficient (Wildman–Crippen LogP) is 5.70. The lowest BCUT2D eigenvalue weighted by atomic mass is 9.73. The maximum absolute atomic E-state index is 10.1. The number of rotatable bonds is 7. The standard InChI is InChI=1S/C30H42N4/c1-28(2,33-19-17-30(25-31,18-20-33)26-11-7-5-8-12-26)15-16-29(3,4)34-23-21-32(22-24-34)27-13-9-6-10-14-27/h5-14H,15-24H2,1-4H3. The second-order valence-electron chi connectivity index (χ2n) is 11.5. The number of piperidine rings is 1. The van der Waals surface area contributed by atoms with Crippen LogP contribution in [0.2, 0.25) is 0 Å². The van der Waals surface area contributed by atoms with E-state index in [9.17, 15) is 5.26 Å². The number of nitrogens with zero attached hydrogens (tertiary/aromatic N) is 4. The number of para-hydroxylation sites is 1. The van der Waals surface area contributed by atoms with Crippen molar-refractivity contribution < 1.29 is 0 Å². The topological polar surface area (TPSA) is 33.5 Å². The molecule has 0 radical (unpaired) electrons. The molecule has 0 saturated carbocycles. The highest BCUT2D eigenvalue weighted by Crippen LogP contribution is 2.38. The molecule has 2 aromatic rings. The molecule has 2 aromatic carbocycles. The minimum absolute atomic E-state index is 0.140. The fourth-order valence-corrected chi connectivity index (χ4v) is 5.85. The van der Waals surface area contributed by atoms with E-state index in [1.54, 1.807) is 0 Å². The first-order valence-electron chi connectivity index (χ1n) is 13.0. The van der Waals surface area contributed by atoms with Crippen LogP contribution < -0.4 is 4.90 Å². The van der Waals surface area contributed by atoms with Crippen LogP contribution in [0, 0.1) is 11.3 Å². The first kappa shape index (κ1) is 24.8. The van der Waals surface area contributed by atoms with Crippen molar-refractivity contribution in [1.82, 2.24) is 9.80 Å². The molecule has 182 valence electrons. The SMILES string of the molecule is CC(C)(CCC(C)(C)N1CCC(C#N)(c2ccccc2)CC1)N1CCN(c2ccccc2)CC1. The molecule has 4 heteroatoms. The van der Waals surface area contributed by atoms with Gasteiger partial charge in [-0.3, -0.25) is 9.80 Å². The molecule has 34 heavy (non-hydrogen) atoms. The van der Waals surface area contributed by atoms with Crippen LogP contribution >= 0.6 is 0 Å². The molecule has 0 spiro atoms. The zero-order valence-corrected chi connectivity index (χ0v) is 21.6. The Morgan fingerprint density at radius 3 is 1.68 bits per heavy atom. The molecule has 4 rings (SSSR count). The number of hydrogen-bond acceptors (Lipinski definition) is 4. The zero-order chi connectivity index (χ0) is 24.2. The van der Waals surface area contributed by atoms with E-state index >= 15 is 0 Å². The summed E-state index contributed by atoms with van der Waals surface area (Å²) >= 11 is 0. The van der Waals surface area contributed by atoms with Gasteiger partial charge in [0.05, 0.1) is 11.5 Å². The van der Waals surface area contributed by atoms with E-state index in [-0.39, 0.29) is 16.5 Å². The van der Waals surface area contributed by atoms with Crippen LogP contribution in [0.15, 0.2) is 60.7 Å². The summed E-state index contributed by atoms with van der Waals surface area (Å²) in [5.74, 6) is 0. The Morgan fingerprint density at radius 1 is 0.706 bits per heavy atom. The number of likely N-dealkylation sites (tertiary alicyclic amines) is 1. The van der Waals surface area contributed by atoms with Crippen LogP contribution in [0.5, 0.6) is 0 Å². The lowest BCUT2D eigenvalue weighted by molar-refractivity contribution is 0.0419. The first-order valence-corrected chi connectivity index (χ1v) is 13.0. The van der Waals surface area contributed by atoms with Crippen molar-refractivity contribution in [1.29, 1.82) is 5.26 Å². The van der Waals surface area contributed by atoms with E-state index < -0.39 is 0 Å². The number of nitriles is 1. The lowest BCUT2D eigenvalue weighted by Crippen LogP contribution is -2.56. The highest BCUT2D eigenvalue weighted by atomic mass is 15.3. The third-order valence-electron chi connectivity index (χ3n) is 8.62. The van der Waals surface area contributed by atoms with Crippen LogP contribution in [-0.2, 0) is 5.41 Å². The fraction of sp³-hybridized carbons (Fsp3) is 0.567. The van der Waals surface area contributed by atoms with Gasteiger partial charge in [-0.05, 0) is 71.1 Å². The van der Waals surface area contributed by atoms with Gasteiger partial charge >= 0.3 is 0 Å². The van der Waals surface area contributed by atoms with Gasteiger partial charge in [-0.25, -0.2) is 0 Å². The Labute approximate surface area is 207 Å². The summed E-state index contributed by atoms with van der Waals surface area (Å²) in [6.45, 7) is 16.1. The summed E-state index contributed by atoms with van der Waals surface area (Å²) in [5.41, 5.74) is 2.53. The fourth-order valence-electron chi connectivity index (χ4n) is 5.85. The van der Waals surface area contributed by atoms with Crippen molar-refractivity contribution in [2.24, 2.45) is 0 Å². The molecule has 2 aliphatic heterocycles. The Hall–Kier alpha value is -2.35. The molecule has 2 saturated heterocycles. The van der Waals surface area contributed by atoms with E-state index in [4.69, 9.17) is 0 Å². The largest absolute Gasteiger partial charge is 0.369 e. The molecule has 0 unspecified atom stereocenters. The monoisotopic (exact) mass is 458 g/mol. The molecule has 0 N–H and O–H groups in total. The Kier molecular flexibility index (Phi) is 7.36. The number of benzene rings is 2. The quantitative estimate of drug-likeness (QED) is 0.533. The van der Waals surface area contributed by atoms with Gasteiger partial charge in [0.2, 0.25) is 0 Å². The molecular formula is C30H42N4. The van der Waals surface area contributed by atoms with E-state index in [1.807, 2.05) is 6.07 Å². The van der Waals surface area contributed by atoms with Gasteiger partial charge in [0.15, 0.2) is 0 Å². The average molecular weight is 459 g/mol. The molecule has 0 aromatic heterocycles. The normalized spacial score (nSPS) is 20.1. The smallest absolute Gasteiger partial charge is 0.0846 e. The Morgan fingerprint density at radius 2 is 1.18 bits per heavy atom. The highest BCUT2D eigenvalue weighted by molar-refractivity contribution is 5.46. The lowest BCUT2D eigenvalue weighted by Gasteiger charge is -2.49. The second kappa shape index (κ2) is 10.1. The summed E-state index contributed by atoms with van der Waals surface area (Å²) in [6, 6.07) is 23.9. The van der Waals surface area contributed by atoms with E-state index in [2.05, 4.69) is 103 Å². The third kappa shape index (κ3) is 5.32. The molecule has 2 fully saturated rings. The minimum Gasteiger partial charge on any atom is -0.369 e. The van der Waals surface area contributed by atoms with Crippen LogP contribution in [0.25, 0.3) is 0 Å². The molecule has 0 bridgehead atoms. The van der Waals surface area contributed by atoms with E-state index in [1.165, 1.54) is 24.1 Å². The number of anilines is 1. The molecule has 0 atom stereocenters. The van der Waals surface area contributed by atoms with Gasteiger partial charge in [-0.1, -0.05) is 48.5 Å². The van der Waals surface area contributed by atoms with Gasteiger partial charge in [0, 0.05) is 56.0 Å². The molecule has 2 aliphatic rings. The summed E-state index contributed by atoms with van der Waals surface area (Å²) in [4.78, 5) is 7.84. The molecule has 0 aliphatic carbocycles. The molecule has 0 amide bonds. The van der Waals surface area contributed by atoms with Gasteiger partial charge in [-0.2, -0.15) is 5.26 Å². The van der Waals surface area contributed by atoms with Gasteiger partial charge in [0.1, 0.15) is 0 Å². The van der Waals surface area contributed by atoms with Crippen molar-refractivity contribution in [3.8, 4) is 6.07 Å². The second-order valence-corrected chi connectivity index (χ2v) is 11.5. The van der Waals surface area contributed by atoms with E-state index in [0.717, 1.165) is 52.1 Å². The van der Waals surface area contributed by atoms with Crippen molar-refractivity contribution in [3.63, 3.8) is 0 Å². The predicted molar refractivity (Wildman–Crippen MR) is 142 cm³/mol. The summed E-state index contributed by atoms with van der Waals surface area (Å²) in [7, 11) is 0. The van der Waals surface area contributed by atoms with Gasteiger partial charge < -0.3 is 4.90 Å². The molecule has 2 heterocycles. The Balaban J connectivity index is 1.30. The van der Waals surface area contributed by atoms with Crippen LogP contribution in [-0.4, -0.2) is 60.1 Å². The van der Waals surface area contributed by atoms with Gasteiger partial charge in [-0.15, -0.1) is 0 Å². The van der Waals surface area contributed by atoms with Crippen molar-refractivity contribution in [3.05, 3.63) is 66.2 Å². The van der Waals surface area contributed by atoms with Crippen molar-refractivity contribution >= 4 is 5.69 Å². The molecular weight excluding hydrogens is 416 g/mol. The number of piperazine rings is 1. The first-order chi connectivity index (χ1) is 16.3. The van der Waals surface area contributed by atoms with Crippen LogP contribution in [0.4, 0.5) is 5.69 Å². The highest BCUT2D eigenvalue weighted by Gasteiger charge is 2.41. The Bertz CT molecular complexity index is 944. The number of hydrogen-bond donors (Lipinski definition) is 0. The van der Waals surface area contributed by atoms with Crippen molar-refractivity contribution in [2.45, 2.75) is 69.9 Å². The van der Waals surface area contributed by atoms with E-state index in [0.29, 0.717) is 0 Å². The van der Waals surface area contributed by atoms with Crippen LogP contribution in [0.1, 0.15) is 58.9 Å². The maximum atomic E-state index is 10.1. The maximum Gasteiger partial charge on any atom is 0.0846 e. The third-order valence-corrected chi connectivity index (χ3v) is 8.62. The minimum atomic E-state index is -0.328.